The zero-order chi connectivity index (χ0) is 9.68. The first-order chi connectivity index (χ1) is 6.24. The molecule has 0 aliphatic carbocycles. The maximum atomic E-state index is 12.1. The van der Waals surface area contributed by atoms with Crippen LogP contribution >= 0.6 is 0 Å². The Morgan fingerprint density at radius 2 is 1.92 bits per heavy atom. The highest BCUT2D eigenvalue weighted by Crippen LogP contribution is 2.17. The van der Waals surface area contributed by atoms with Crippen molar-refractivity contribution >= 4 is 6.21 Å². The Morgan fingerprint density at radius 1 is 1.31 bits per heavy atom. The minimum absolute atomic E-state index is 0.00886. The number of alkyl halides is 2. The van der Waals surface area contributed by atoms with Crippen molar-refractivity contribution in [2.45, 2.75) is 6.43 Å². The molecule has 2 nitrogen and oxygen atoms in total. The Labute approximate surface area is 74.8 Å². The van der Waals surface area contributed by atoms with E-state index in [4.69, 9.17) is 0 Å². The van der Waals surface area contributed by atoms with Crippen LogP contribution in [0.4, 0.5) is 8.78 Å². The lowest BCUT2D eigenvalue weighted by molar-refractivity contribution is 0.151. The highest BCUT2D eigenvalue weighted by molar-refractivity contribution is 5.79. The summed E-state index contributed by atoms with van der Waals surface area (Å²) in [5.74, 6) is 0. The Balaban J connectivity index is 2.75. The first kappa shape index (κ1) is 9.64. The summed E-state index contributed by atoms with van der Waals surface area (Å²) in [5, 5.41) is 3.50. The van der Waals surface area contributed by atoms with Crippen molar-refractivity contribution in [3.8, 4) is 0 Å². The van der Waals surface area contributed by atoms with Gasteiger partial charge in [0.15, 0.2) is 0 Å². The van der Waals surface area contributed by atoms with E-state index in [1.807, 2.05) is 0 Å². The SMILES string of the molecule is CON=Cc1ccc(C(F)F)cc1. The zero-order valence-electron chi connectivity index (χ0n) is 7.08. The van der Waals surface area contributed by atoms with Crippen LogP contribution in [-0.4, -0.2) is 13.3 Å². The lowest BCUT2D eigenvalue weighted by atomic mass is 10.1. The average molecular weight is 185 g/mol. The second-order valence-corrected chi connectivity index (χ2v) is 2.38. The van der Waals surface area contributed by atoms with E-state index in [9.17, 15) is 8.78 Å². The van der Waals surface area contributed by atoms with Gasteiger partial charge in [-0.1, -0.05) is 29.4 Å². The van der Waals surface area contributed by atoms with Crippen LogP contribution in [0.3, 0.4) is 0 Å². The van der Waals surface area contributed by atoms with Crippen LogP contribution in [0.2, 0.25) is 0 Å². The molecule has 0 atom stereocenters. The van der Waals surface area contributed by atoms with Gasteiger partial charge in [-0.25, -0.2) is 8.78 Å². The monoisotopic (exact) mass is 185 g/mol. The highest BCUT2D eigenvalue weighted by atomic mass is 19.3. The van der Waals surface area contributed by atoms with Crippen molar-refractivity contribution in [2.24, 2.45) is 5.16 Å². The normalized spacial score (nSPS) is 11.1. The third kappa shape index (κ3) is 2.82. The van der Waals surface area contributed by atoms with Crippen molar-refractivity contribution in [1.29, 1.82) is 0 Å². The van der Waals surface area contributed by atoms with Crippen LogP contribution < -0.4 is 0 Å². The number of halogens is 2. The summed E-state index contributed by atoms with van der Waals surface area (Å²) < 4.78 is 24.2. The van der Waals surface area contributed by atoms with Crippen LogP contribution in [0.25, 0.3) is 0 Å². The molecule has 1 rings (SSSR count). The van der Waals surface area contributed by atoms with E-state index in [0.717, 1.165) is 5.56 Å². The molecule has 0 bridgehead atoms. The van der Waals surface area contributed by atoms with E-state index >= 15 is 0 Å². The fraction of sp³-hybridized carbons (Fsp3) is 0.222. The Hall–Kier alpha value is -1.45. The number of benzene rings is 1. The zero-order valence-corrected chi connectivity index (χ0v) is 7.08. The number of oxime groups is 1. The Morgan fingerprint density at radius 3 is 2.38 bits per heavy atom. The van der Waals surface area contributed by atoms with Gasteiger partial charge in [0.25, 0.3) is 6.43 Å². The van der Waals surface area contributed by atoms with Crippen LogP contribution in [0.1, 0.15) is 17.6 Å². The summed E-state index contributed by atoms with van der Waals surface area (Å²) >= 11 is 0. The molecule has 1 aromatic rings. The van der Waals surface area contributed by atoms with Gasteiger partial charge in [0, 0.05) is 5.56 Å². The van der Waals surface area contributed by atoms with E-state index in [0.29, 0.717) is 0 Å². The molecule has 0 fully saturated rings. The van der Waals surface area contributed by atoms with Gasteiger partial charge in [-0.3, -0.25) is 0 Å². The minimum Gasteiger partial charge on any atom is -0.399 e. The van der Waals surface area contributed by atoms with Gasteiger partial charge in [0.2, 0.25) is 0 Å². The predicted octanol–water partition coefficient (Wildman–Crippen LogP) is 2.60. The summed E-state index contributed by atoms with van der Waals surface area (Å²) in [4.78, 5) is 4.44. The van der Waals surface area contributed by atoms with Gasteiger partial charge in [-0.15, -0.1) is 0 Å². The second kappa shape index (κ2) is 4.54. The topological polar surface area (TPSA) is 21.6 Å². The molecule has 4 heteroatoms. The van der Waals surface area contributed by atoms with E-state index in [1.165, 1.54) is 25.5 Å². The first-order valence-electron chi connectivity index (χ1n) is 3.68. The summed E-state index contributed by atoms with van der Waals surface area (Å²) in [5.41, 5.74) is 0.737. The highest BCUT2D eigenvalue weighted by Gasteiger charge is 2.04. The molecule has 1 aromatic carbocycles. The van der Waals surface area contributed by atoms with Gasteiger partial charge in [0.05, 0.1) is 6.21 Å². The van der Waals surface area contributed by atoms with Gasteiger partial charge < -0.3 is 4.84 Å². The van der Waals surface area contributed by atoms with E-state index in [1.54, 1.807) is 12.1 Å². The summed E-state index contributed by atoms with van der Waals surface area (Å²) in [6.45, 7) is 0. The second-order valence-electron chi connectivity index (χ2n) is 2.38. The van der Waals surface area contributed by atoms with Gasteiger partial charge in [-0.05, 0) is 5.56 Å². The Kier molecular flexibility index (Phi) is 3.37. The quantitative estimate of drug-likeness (QED) is 0.524. The number of nitrogens with zero attached hydrogens (tertiary/aromatic N) is 1. The lowest BCUT2D eigenvalue weighted by Crippen LogP contribution is -1.86. The molecular weight excluding hydrogens is 176 g/mol. The molecule has 0 saturated carbocycles. The van der Waals surface area contributed by atoms with Crippen molar-refractivity contribution in [1.82, 2.24) is 0 Å². The number of hydrogen-bond donors (Lipinski definition) is 0. The molecule has 13 heavy (non-hydrogen) atoms. The smallest absolute Gasteiger partial charge is 0.263 e. The standard InChI is InChI=1S/C9H9F2NO/c1-13-12-6-7-2-4-8(5-3-7)9(10)11/h2-6,9H,1H3. The number of rotatable bonds is 3. The first-order valence-corrected chi connectivity index (χ1v) is 3.68. The number of hydrogen-bond acceptors (Lipinski definition) is 2. The van der Waals surface area contributed by atoms with Crippen molar-refractivity contribution in [3.63, 3.8) is 0 Å². The van der Waals surface area contributed by atoms with Crippen LogP contribution in [0, 0.1) is 0 Å². The van der Waals surface area contributed by atoms with Crippen molar-refractivity contribution in [2.75, 3.05) is 7.11 Å². The predicted molar refractivity (Wildman–Crippen MR) is 46.0 cm³/mol. The van der Waals surface area contributed by atoms with Gasteiger partial charge >= 0.3 is 0 Å². The largest absolute Gasteiger partial charge is 0.399 e. The van der Waals surface area contributed by atoms with Crippen molar-refractivity contribution < 1.29 is 13.6 Å². The molecule has 0 spiro atoms. The van der Waals surface area contributed by atoms with Gasteiger partial charge in [0.1, 0.15) is 7.11 Å². The molecule has 0 aromatic heterocycles. The lowest BCUT2D eigenvalue weighted by Gasteiger charge is -1.98. The molecule has 0 saturated heterocycles. The summed E-state index contributed by atoms with van der Waals surface area (Å²) in [6.07, 6.45) is -0.969. The Bertz CT molecular complexity index is 282. The molecule has 0 aliphatic heterocycles. The molecule has 0 heterocycles. The van der Waals surface area contributed by atoms with Crippen LogP contribution in [0.15, 0.2) is 29.4 Å². The molecule has 0 N–H and O–H groups in total. The van der Waals surface area contributed by atoms with E-state index in [2.05, 4.69) is 9.99 Å². The van der Waals surface area contributed by atoms with Crippen LogP contribution in [0.5, 0.6) is 0 Å². The summed E-state index contributed by atoms with van der Waals surface area (Å²) in [7, 11) is 1.42. The third-order valence-corrected chi connectivity index (χ3v) is 1.50. The molecule has 70 valence electrons. The summed E-state index contributed by atoms with van der Waals surface area (Å²) in [6, 6.07) is 5.84. The van der Waals surface area contributed by atoms with Crippen molar-refractivity contribution in [3.05, 3.63) is 35.4 Å². The molecule has 0 unspecified atom stereocenters. The molecule has 0 radical (unpaired) electrons. The van der Waals surface area contributed by atoms with E-state index < -0.39 is 6.43 Å². The minimum atomic E-state index is -2.42. The molecule has 0 amide bonds. The van der Waals surface area contributed by atoms with Gasteiger partial charge in [-0.2, -0.15) is 0 Å². The maximum Gasteiger partial charge on any atom is 0.263 e. The fourth-order valence-electron chi connectivity index (χ4n) is 0.841. The average Bonchev–Trinajstić information content (AvgIpc) is 2.15. The molecular formula is C9H9F2NO. The van der Waals surface area contributed by atoms with Crippen LogP contribution in [-0.2, 0) is 4.84 Å². The third-order valence-electron chi connectivity index (χ3n) is 1.50. The maximum absolute atomic E-state index is 12.1. The van der Waals surface area contributed by atoms with E-state index in [-0.39, 0.29) is 5.56 Å². The molecule has 0 aliphatic rings. The fourth-order valence-corrected chi connectivity index (χ4v) is 0.841.